The van der Waals surface area contributed by atoms with E-state index in [0.29, 0.717) is 20.2 Å². The highest BCUT2D eigenvalue weighted by Crippen LogP contribution is 2.35. The monoisotopic (exact) mass is 738 g/mol. The van der Waals surface area contributed by atoms with Crippen molar-refractivity contribution in [2.24, 2.45) is 5.10 Å². The number of nitrogens with zero attached hydrogens (tertiary/aromatic N) is 2. The maximum Gasteiger partial charge on any atom is 0.343 e. The van der Waals surface area contributed by atoms with Crippen molar-refractivity contribution in [2.75, 3.05) is 0 Å². The van der Waals surface area contributed by atoms with E-state index in [2.05, 4.69) is 63.3 Å². The molecule has 1 aromatic heterocycles. The number of hydrogen-bond acceptors (Lipinski definition) is 6. The van der Waals surface area contributed by atoms with Crippen LogP contribution in [0.1, 0.15) is 26.4 Å². The van der Waals surface area contributed by atoms with Gasteiger partial charge in [-0.1, -0.05) is 62.2 Å². The number of nitro benzene ring substituents is 1. The molecular weight excluding hydrogens is 724 g/mol. The zero-order chi connectivity index (χ0) is 29.1. The molecule has 1 heterocycles. The third-order valence-corrected chi connectivity index (χ3v) is 7.51. The molecule has 4 aromatic carbocycles. The molecule has 0 saturated carbocycles. The molecule has 2 N–H and O–H groups in total. The van der Waals surface area contributed by atoms with E-state index < -0.39 is 16.8 Å². The summed E-state index contributed by atoms with van der Waals surface area (Å²) in [5.41, 5.74) is 5.64. The minimum atomic E-state index is -0.724. The quantitative estimate of drug-likeness (QED) is 0.0575. The Hall–Kier alpha value is -4.13. The van der Waals surface area contributed by atoms with Crippen molar-refractivity contribution in [3.63, 3.8) is 0 Å². The molecule has 0 aliphatic carbocycles. The second-order valence-corrected chi connectivity index (χ2v) is 11.3. The number of nitrogens with one attached hydrogen (secondary N) is 2. The number of nitro groups is 1. The molecule has 9 nitrogen and oxygen atoms in total. The fourth-order valence-corrected chi connectivity index (χ4v) is 5.81. The van der Waals surface area contributed by atoms with Gasteiger partial charge in [-0.05, 0) is 64.0 Å². The number of benzene rings is 4. The lowest BCUT2D eigenvalue weighted by Gasteiger charge is -2.10. The number of ether oxygens (including phenoxy) is 1. The fourth-order valence-electron chi connectivity index (χ4n) is 4.11. The molecule has 41 heavy (non-hydrogen) atoms. The zero-order valence-electron chi connectivity index (χ0n) is 20.7. The van der Waals surface area contributed by atoms with Gasteiger partial charge in [0.15, 0.2) is 5.75 Å². The Kier molecular flexibility index (Phi) is 8.43. The minimum Gasteiger partial charge on any atom is -0.421 e. The first-order valence-corrected chi connectivity index (χ1v) is 14.2. The third-order valence-electron chi connectivity index (χ3n) is 5.97. The Morgan fingerprint density at radius 1 is 0.927 bits per heavy atom. The van der Waals surface area contributed by atoms with Gasteiger partial charge >= 0.3 is 5.97 Å². The number of esters is 1. The normalized spacial score (nSPS) is 11.1. The van der Waals surface area contributed by atoms with E-state index in [1.807, 2.05) is 48.5 Å². The maximum absolute atomic E-state index is 13.3. The number of hydrazone groups is 1. The van der Waals surface area contributed by atoms with Gasteiger partial charge in [0, 0.05) is 43.1 Å². The molecule has 1 amide bonds. The van der Waals surface area contributed by atoms with E-state index in [1.165, 1.54) is 30.5 Å². The van der Waals surface area contributed by atoms with Gasteiger partial charge in [0.05, 0.1) is 21.2 Å². The number of carbonyl (C=O) groups is 2. The number of halogens is 3. The molecule has 12 heteroatoms. The van der Waals surface area contributed by atoms with Crippen molar-refractivity contribution in [3.8, 4) is 16.9 Å². The molecule has 204 valence electrons. The molecule has 0 spiro atoms. The number of hydrogen-bond donors (Lipinski definition) is 2. The van der Waals surface area contributed by atoms with Gasteiger partial charge in [-0.25, -0.2) is 10.2 Å². The van der Waals surface area contributed by atoms with Crippen LogP contribution in [0.5, 0.6) is 5.75 Å². The molecule has 0 atom stereocenters. The summed E-state index contributed by atoms with van der Waals surface area (Å²) in [4.78, 5) is 39.7. The molecule has 5 rings (SSSR count). The van der Waals surface area contributed by atoms with E-state index in [-0.39, 0.29) is 17.0 Å². The van der Waals surface area contributed by atoms with E-state index in [9.17, 15) is 19.7 Å². The number of non-ortho nitro benzene ring substituents is 1. The molecule has 5 aromatic rings. The predicted molar refractivity (Wildman–Crippen MR) is 166 cm³/mol. The number of rotatable bonds is 7. The average Bonchev–Trinajstić information content (AvgIpc) is 3.34. The highest BCUT2D eigenvalue weighted by Gasteiger charge is 2.20. The van der Waals surface area contributed by atoms with Crippen LogP contribution in [-0.2, 0) is 0 Å². The van der Waals surface area contributed by atoms with Gasteiger partial charge in [-0.3, -0.25) is 14.9 Å². The number of carbonyl (C=O) groups excluding carboxylic acids is 2. The fraction of sp³-hybridized carbons (Fsp3) is 0. The number of fused-ring (bicyclic) bond motifs is 1. The summed E-state index contributed by atoms with van der Waals surface area (Å²) in [6.07, 6.45) is 1.35. The smallest absolute Gasteiger partial charge is 0.343 e. The molecule has 0 bridgehead atoms. The summed E-state index contributed by atoms with van der Waals surface area (Å²) in [5, 5.41) is 15.9. The van der Waals surface area contributed by atoms with Crippen molar-refractivity contribution in [2.45, 2.75) is 0 Å². The number of aromatic amines is 1. The molecule has 0 fully saturated rings. The van der Waals surface area contributed by atoms with Crippen LogP contribution >= 0.6 is 47.8 Å². The topological polar surface area (TPSA) is 127 Å². The molecule has 0 saturated heterocycles. The van der Waals surface area contributed by atoms with Crippen LogP contribution in [0.4, 0.5) is 5.69 Å². The highest BCUT2D eigenvalue weighted by atomic mass is 79.9. The standard InChI is InChI=1S/C29H17Br3N4O5/c30-19-8-11-24-22(13-19)25(16-4-2-1-3-5-16)26(34-24)28(37)35-33-15-18-12-20(31)14-23(32)27(18)41-29(38)17-6-9-21(10-7-17)36(39)40/h1-15,34H,(H,35,37). The lowest BCUT2D eigenvalue weighted by Crippen LogP contribution is -2.19. The van der Waals surface area contributed by atoms with Gasteiger partial charge < -0.3 is 9.72 Å². The van der Waals surface area contributed by atoms with Gasteiger partial charge in [0.25, 0.3) is 11.6 Å². The molecule has 0 unspecified atom stereocenters. The summed E-state index contributed by atoms with van der Waals surface area (Å²) in [5.74, 6) is -1.04. The van der Waals surface area contributed by atoms with Crippen LogP contribution in [0, 0.1) is 10.1 Å². The van der Waals surface area contributed by atoms with E-state index >= 15 is 0 Å². The summed E-state index contributed by atoms with van der Waals surface area (Å²) in [7, 11) is 0. The van der Waals surface area contributed by atoms with Crippen molar-refractivity contribution < 1.29 is 19.2 Å². The number of amides is 1. The van der Waals surface area contributed by atoms with E-state index in [4.69, 9.17) is 4.74 Å². The summed E-state index contributed by atoms with van der Waals surface area (Å²) >= 11 is 10.3. The van der Waals surface area contributed by atoms with E-state index in [0.717, 1.165) is 26.5 Å². The summed E-state index contributed by atoms with van der Waals surface area (Å²) in [6.45, 7) is 0. The second kappa shape index (κ2) is 12.2. The van der Waals surface area contributed by atoms with Crippen LogP contribution in [0.2, 0.25) is 0 Å². The SMILES string of the molecule is O=C(Oc1c(Br)cc(Br)cc1C=NNC(=O)c1[nH]c2ccc(Br)cc2c1-c1ccccc1)c1ccc([N+](=O)[O-])cc1. The maximum atomic E-state index is 13.3. The number of H-pyrrole nitrogens is 1. The van der Waals surface area contributed by atoms with Crippen LogP contribution in [-0.4, -0.2) is 28.0 Å². The Labute approximate surface area is 258 Å². The first-order chi connectivity index (χ1) is 19.7. The van der Waals surface area contributed by atoms with Gasteiger partial charge in [0.1, 0.15) is 5.69 Å². The number of aromatic nitrogens is 1. The molecule has 0 aliphatic heterocycles. The summed E-state index contributed by atoms with van der Waals surface area (Å²) in [6, 6.07) is 23.7. The van der Waals surface area contributed by atoms with Crippen LogP contribution in [0.25, 0.3) is 22.0 Å². The van der Waals surface area contributed by atoms with Gasteiger partial charge in [-0.2, -0.15) is 5.10 Å². The Bertz CT molecular complexity index is 1840. The largest absolute Gasteiger partial charge is 0.421 e. The van der Waals surface area contributed by atoms with Crippen molar-refractivity contribution in [1.82, 2.24) is 10.4 Å². The third kappa shape index (κ3) is 6.29. The minimum absolute atomic E-state index is 0.125. The van der Waals surface area contributed by atoms with E-state index in [1.54, 1.807) is 12.1 Å². The summed E-state index contributed by atoms with van der Waals surface area (Å²) < 4.78 is 7.59. The first kappa shape index (κ1) is 28.4. The van der Waals surface area contributed by atoms with Crippen molar-refractivity contribution >= 4 is 82.5 Å². The Balaban J connectivity index is 1.42. The Morgan fingerprint density at radius 3 is 2.37 bits per heavy atom. The second-order valence-electron chi connectivity index (χ2n) is 8.63. The van der Waals surface area contributed by atoms with Crippen LogP contribution in [0.3, 0.4) is 0 Å². The average molecular weight is 741 g/mol. The highest BCUT2D eigenvalue weighted by molar-refractivity contribution is 9.11. The van der Waals surface area contributed by atoms with Crippen LogP contribution in [0.15, 0.2) is 103 Å². The lowest BCUT2D eigenvalue weighted by molar-refractivity contribution is -0.384. The van der Waals surface area contributed by atoms with Gasteiger partial charge in [-0.15, -0.1) is 0 Å². The Morgan fingerprint density at radius 2 is 1.66 bits per heavy atom. The van der Waals surface area contributed by atoms with Crippen molar-refractivity contribution in [3.05, 3.63) is 125 Å². The molecule has 0 radical (unpaired) electrons. The molecule has 0 aliphatic rings. The first-order valence-electron chi connectivity index (χ1n) is 11.9. The van der Waals surface area contributed by atoms with Gasteiger partial charge in [0.2, 0.25) is 0 Å². The lowest BCUT2D eigenvalue weighted by atomic mass is 10.0. The predicted octanol–water partition coefficient (Wildman–Crippen LogP) is 8.01. The molecular formula is C29H17Br3N4O5. The zero-order valence-corrected chi connectivity index (χ0v) is 25.5. The van der Waals surface area contributed by atoms with Crippen molar-refractivity contribution in [1.29, 1.82) is 0 Å². The van der Waals surface area contributed by atoms with Crippen LogP contribution < -0.4 is 10.2 Å².